The van der Waals surface area contributed by atoms with Crippen LogP contribution in [0.2, 0.25) is 0 Å². The molecule has 11 nitrogen and oxygen atoms in total. The van der Waals surface area contributed by atoms with Crippen LogP contribution in [0.5, 0.6) is 5.88 Å². The Labute approximate surface area is 182 Å². The maximum absolute atomic E-state index is 13.2. The van der Waals surface area contributed by atoms with Crippen molar-refractivity contribution in [2.45, 2.75) is 24.4 Å². The summed E-state index contributed by atoms with van der Waals surface area (Å²) in [7, 11) is 0. The molecule has 0 radical (unpaired) electrons. The highest BCUT2D eigenvalue weighted by Crippen LogP contribution is 2.31. The van der Waals surface area contributed by atoms with Gasteiger partial charge in [-0.25, -0.2) is 4.98 Å². The number of hydrogen-bond donors (Lipinski definition) is 4. The van der Waals surface area contributed by atoms with Crippen LogP contribution in [-0.4, -0.2) is 97.5 Å². The van der Waals surface area contributed by atoms with Crippen molar-refractivity contribution in [3.05, 3.63) is 11.8 Å². The molecular weight excluding hydrogens is 441 g/mol. The number of ether oxygens (including phenoxy) is 4. The summed E-state index contributed by atoms with van der Waals surface area (Å²) < 4.78 is 60.6. The standard InChI is InChI=1S/C18H27F3N4O7/c19-18(20,21)14-7-15(31-6-5-30-4-3-29-2-1-22)25-17(24-14)23-12-10-32-13(9-27)16(28)11(12)8-26/h7-8,11-13,16,27-28H,1-6,9-10,22H2,(H,23,24,25)/t11-,12+,13-,16-/m1/s1. The summed E-state index contributed by atoms with van der Waals surface area (Å²) in [6.07, 6.45) is -6.67. The second kappa shape index (κ2) is 12.8. The van der Waals surface area contributed by atoms with Gasteiger partial charge in [-0.3, -0.25) is 0 Å². The van der Waals surface area contributed by atoms with Crippen LogP contribution < -0.4 is 15.8 Å². The monoisotopic (exact) mass is 468 g/mol. The van der Waals surface area contributed by atoms with Crippen LogP contribution in [0.3, 0.4) is 0 Å². The summed E-state index contributed by atoms with van der Waals surface area (Å²) in [5, 5.41) is 21.9. The van der Waals surface area contributed by atoms with Gasteiger partial charge in [-0.1, -0.05) is 0 Å². The number of anilines is 1. The molecule has 0 aromatic carbocycles. The van der Waals surface area contributed by atoms with Crippen LogP contribution in [0.1, 0.15) is 5.69 Å². The second-order valence-electron chi connectivity index (χ2n) is 6.78. The first-order chi connectivity index (χ1) is 15.3. The zero-order chi connectivity index (χ0) is 23.6. The van der Waals surface area contributed by atoms with E-state index in [0.717, 1.165) is 0 Å². The molecule has 1 fully saturated rings. The minimum atomic E-state index is -4.77. The van der Waals surface area contributed by atoms with E-state index in [0.29, 0.717) is 32.1 Å². The van der Waals surface area contributed by atoms with E-state index in [-0.39, 0.29) is 32.3 Å². The molecule has 32 heavy (non-hydrogen) atoms. The molecule has 14 heteroatoms. The van der Waals surface area contributed by atoms with E-state index in [1.54, 1.807) is 0 Å². The smallest absolute Gasteiger partial charge is 0.433 e. The van der Waals surface area contributed by atoms with Crippen molar-refractivity contribution in [3.63, 3.8) is 0 Å². The summed E-state index contributed by atoms with van der Waals surface area (Å²) in [6, 6.07) is -0.278. The molecule has 5 N–H and O–H groups in total. The maximum Gasteiger partial charge on any atom is 0.433 e. The predicted molar refractivity (Wildman–Crippen MR) is 103 cm³/mol. The van der Waals surface area contributed by atoms with E-state index in [9.17, 15) is 28.2 Å². The molecule has 1 aromatic rings. The van der Waals surface area contributed by atoms with E-state index in [4.69, 9.17) is 24.7 Å². The lowest BCUT2D eigenvalue weighted by atomic mass is 9.89. The van der Waals surface area contributed by atoms with Crippen molar-refractivity contribution in [2.75, 3.05) is 58.1 Å². The van der Waals surface area contributed by atoms with E-state index < -0.39 is 48.6 Å². The number of nitrogens with two attached hydrogens (primary N) is 1. The van der Waals surface area contributed by atoms with Crippen molar-refractivity contribution >= 4 is 12.2 Å². The number of halogens is 3. The van der Waals surface area contributed by atoms with Crippen molar-refractivity contribution in [3.8, 4) is 5.88 Å². The van der Waals surface area contributed by atoms with Gasteiger partial charge in [0, 0.05) is 12.6 Å². The highest BCUT2D eigenvalue weighted by molar-refractivity contribution is 5.58. The molecule has 0 aliphatic carbocycles. The van der Waals surface area contributed by atoms with Gasteiger partial charge in [0.05, 0.1) is 57.7 Å². The first-order valence-corrected chi connectivity index (χ1v) is 9.87. The second-order valence-corrected chi connectivity index (χ2v) is 6.78. The number of aliphatic hydroxyl groups is 2. The molecule has 0 spiro atoms. The van der Waals surface area contributed by atoms with Gasteiger partial charge in [-0.2, -0.15) is 18.2 Å². The molecule has 1 aliphatic heterocycles. The summed E-state index contributed by atoms with van der Waals surface area (Å²) in [4.78, 5) is 18.7. The van der Waals surface area contributed by atoms with E-state index >= 15 is 0 Å². The van der Waals surface area contributed by atoms with E-state index in [1.807, 2.05) is 0 Å². The van der Waals surface area contributed by atoms with Gasteiger partial charge in [0.25, 0.3) is 0 Å². The molecule has 1 aliphatic rings. The van der Waals surface area contributed by atoms with Crippen molar-refractivity contribution in [1.29, 1.82) is 0 Å². The van der Waals surface area contributed by atoms with Gasteiger partial charge >= 0.3 is 6.18 Å². The summed E-state index contributed by atoms with van der Waals surface area (Å²) in [5.41, 5.74) is 4.02. The quantitative estimate of drug-likeness (QED) is 0.212. The Hall–Kier alpha value is -2.10. The number of aliphatic hydroxyl groups excluding tert-OH is 2. The average Bonchev–Trinajstić information content (AvgIpc) is 2.75. The molecule has 0 bridgehead atoms. The molecule has 0 saturated carbocycles. The highest BCUT2D eigenvalue weighted by atomic mass is 19.4. The summed E-state index contributed by atoms with van der Waals surface area (Å²) in [6.45, 7) is 0.686. The topological polar surface area (TPSA) is 158 Å². The lowest BCUT2D eigenvalue weighted by molar-refractivity contribution is -0.143. The van der Waals surface area contributed by atoms with Crippen molar-refractivity contribution in [2.24, 2.45) is 11.7 Å². The molecule has 182 valence electrons. The van der Waals surface area contributed by atoms with Crippen molar-refractivity contribution in [1.82, 2.24) is 9.97 Å². The molecular formula is C18H27F3N4O7. The van der Waals surface area contributed by atoms with Gasteiger partial charge in [0.1, 0.15) is 19.0 Å². The molecule has 1 saturated heterocycles. The minimum absolute atomic E-state index is 0.0783. The van der Waals surface area contributed by atoms with Gasteiger partial charge in [-0.15, -0.1) is 0 Å². The Morgan fingerprint density at radius 1 is 1.22 bits per heavy atom. The number of rotatable bonds is 13. The average molecular weight is 468 g/mol. The number of aldehydes is 1. The van der Waals surface area contributed by atoms with Gasteiger partial charge in [0.2, 0.25) is 11.8 Å². The van der Waals surface area contributed by atoms with E-state index in [1.165, 1.54) is 0 Å². The third kappa shape index (κ3) is 7.79. The van der Waals surface area contributed by atoms with E-state index in [2.05, 4.69) is 15.3 Å². The maximum atomic E-state index is 13.2. The number of nitrogens with zero attached hydrogens (tertiary/aromatic N) is 2. The normalized spacial score (nSPS) is 23.7. The fraction of sp³-hybridized carbons (Fsp3) is 0.722. The largest absolute Gasteiger partial charge is 0.475 e. The number of carbonyl (C=O) groups is 1. The first kappa shape index (κ1) is 26.2. The summed E-state index contributed by atoms with van der Waals surface area (Å²) >= 11 is 0. The van der Waals surface area contributed by atoms with Crippen LogP contribution in [-0.2, 0) is 25.2 Å². The number of alkyl halides is 3. The Kier molecular flexibility index (Phi) is 10.5. The van der Waals surface area contributed by atoms with Gasteiger partial charge < -0.3 is 45.0 Å². The number of hydrogen-bond acceptors (Lipinski definition) is 11. The lowest BCUT2D eigenvalue weighted by Crippen LogP contribution is -2.54. The number of carbonyl (C=O) groups excluding carboxylic acids is 1. The highest BCUT2D eigenvalue weighted by Gasteiger charge is 2.40. The Bertz CT molecular complexity index is 714. The van der Waals surface area contributed by atoms with Crippen LogP contribution in [0.25, 0.3) is 0 Å². The zero-order valence-corrected chi connectivity index (χ0v) is 17.2. The number of aromatic nitrogens is 2. The van der Waals surface area contributed by atoms with Crippen molar-refractivity contribution < 1.29 is 47.1 Å². The predicted octanol–water partition coefficient (Wildman–Crippen LogP) is -0.786. The van der Waals surface area contributed by atoms with Gasteiger partial charge in [-0.05, 0) is 0 Å². The Morgan fingerprint density at radius 2 is 1.91 bits per heavy atom. The molecule has 0 amide bonds. The lowest BCUT2D eigenvalue weighted by Gasteiger charge is -2.37. The van der Waals surface area contributed by atoms with Crippen LogP contribution in [0.15, 0.2) is 6.07 Å². The molecule has 2 rings (SSSR count). The van der Waals surface area contributed by atoms with Crippen LogP contribution >= 0.6 is 0 Å². The Morgan fingerprint density at radius 3 is 2.53 bits per heavy atom. The minimum Gasteiger partial charge on any atom is -0.475 e. The van der Waals surface area contributed by atoms with Gasteiger partial charge in [0.15, 0.2) is 5.69 Å². The van der Waals surface area contributed by atoms with Crippen LogP contribution in [0, 0.1) is 5.92 Å². The first-order valence-electron chi connectivity index (χ1n) is 9.87. The third-order valence-corrected chi connectivity index (χ3v) is 4.49. The van der Waals surface area contributed by atoms with Crippen LogP contribution in [0.4, 0.5) is 19.1 Å². The molecule has 1 aromatic heterocycles. The molecule has 4 atom stereocenters. The fourth-order valence-electron chi connectivity index (χ4n) is 2.88. The third-order valence-electron chi connectivity index (χ3n) is 4.49. The fourth-order valence-corrected chi connectivity index (χ4v) is 2.88. The molecule has 2 heterocycles. The number of nitrogens with one attached hydrogen (secondary N) is 1. The molecule has 0 unspecified atom stereocenters. The Balaban J connectivity index is 2.02. The zero-order valence-electron chi connectivity index (χ0n) is 17.2. The summed E-state index contributed by atoms with van der Waals surface area (Å²) in [5.74, 6) is -1.87. The SMILES string of the molecule is NCCOCCOCCOc1cc(C(F)(F)F)nc(N[C@H]2CO[C@H](CO)[C@H](O)[C@@H]2C=O)n1.